The van der Waals surface area contributed by atoms with Gasteiger partial charge in [-0.15, -0.1) is 0 Å². The zero-order valence-corrected chi connectivity index (χ0v) is 18.3. The quantitative estimate of drug-likeness (QED) is 0.725. The van der Waals surface area contributed by atoms with E-state index in [1.807, 2.05) is 6.07 Å². The number of carbonyl (C=O) groups is 2. The van der Waals surface area contributed by atoms with Gasteiger partial charge in [0.15, 0.2) is 0 Å². The SMILES string of the molecule is N#CC1(NC(=O)C2Cc3ccc(c(Cl)c3)OCCCCOc3ccccc3C(=O)N2)CC1. The monoisotopic (exact) mass is 453 g/mol. The van der Waals surface area contributed by atoms with Crippen molar-refractivity contribution in [1.82, 2.24) is 10.6 Å². The van der Waals surface area contributed by atoms with Gasteiger partial charge in [0.25, 0.3) is 5.91 Å². The van der Waals surface area contributed by atoms with Crippen LogP contribution in [0.1, 0.15) is 41.6 Å². The van der Waals surface area contributed by atoms with E-state index >= 15 is 0 Å². The highest BCUT2D eigenvalue weighted by atomic mass is 35.5. The summed E-state index contributed by atoms with van der Waals surface area (Å²) in [5.41, 5.74) is 0.276. The van der Waals surface area contributed by atoms with E-state index in [-0.39, 0.29) is 6.42 Å². The third-order valence-corrected chi connectivity index (χ3v) is 5.87. The Labute approximate surface area is 191 Å². The van der Waals surface area contributed by atoms with E-state index < -0.39 is 23.4 Å². The van der Waals surface area contributed by atoms with Crippen molar-refractivity contribution in [2.24, 2.45) is 0 Å². The van der Waals surface area contributed by atoms with Crippen molar-refractivity contribution in [3.05, 3.63) is 58.6 Å². The number of benzene rings is 2. The van der Waals surface area contributed by atoms with Crippen molar-refractivity contribution >= 4 is 23.4 Å². The number of nitrogens with one attached hydrogen (secondary N) is 2. The molecule has 0 spiro atoms. The normalized spacial score (nSPS) is 20.0. The Morgan fingerprint density at radius 1 is 1.12 bits per heavy atom. The molecule has 1 atom stereocenters. The molecule has 8 heteroatoms. The van der Waals surface area contributed by atoms with E-state index in [0.717, 1.165) is 18.4 Å². The van der Waals surface area contributed by atoms with Gasteiger partial charge < -0.3 is 20.1 Å². The summed E-state index contributed by atoms with van der Waals surface area (Å²) >= 11 is 6.37. The van der Waals surface area contributed by atoms with Crippen molar-refractivity contribution < 1.29 is 19.1 Å². The Morgan fingerprint density at radius 3 is 2.53 bits per heavy atom. The maximum Gasteiger partial charge on any atom is 0.255 e. The van der Waals surface area contributed by atoms with Gasteiger partial charge in [-0.25, -0.2) is 0 Å². The Kier molecular flexibility index (Phi) is 6.52. The fourth-order valence-electron chi connectivity index (χ4n) is 3.53. The fourth-order valence-corrected chi connectivity index (χ4v) is 3.79. The summed E-state index contributed by atoms with van der Waals surface area (Å²) in [5, 5.41) is 15.4. The molecule has 32 heavy (non-hydrogen) atoms. The number of para-hydroxylation sites is 1. The molecular weight excluding hydrogens is 430 g/mol. The molecule has 0 aromatic heterocycles. The van der Waals surface area contributed by atoms with Gasteiger partial charge in [-0.05, 0) is 55.5 Å². The van der Waals surface area contributed by atoms with E-state index in [4.69, 9.17) is 21.1 Å². The van der Waals surface area contributed by atoms with Crippen LogP contribution in [-0.4, -0.2) is 36.6 Å². The van der Waals surface area contributed by atoms with Crippen LogP contribution in [0.15, 0.2) is 42.5 Å². The number of hydrogen-bond acceptors (Lipinski definition) is 5. The van der Waals surface area contributed by atoms with Crippen LogP contribution in [-0.2, 0) is 11.2 Å². The molecule has 1 fully saturated rings. The van der Waals surface area contributed by atoms with Gasteiger partial charge in [0.2, 0.25) is 5.91 Å². The van der Waals surface area contributed by atoms with E-state index in [0.29, 0.717) is 48.1 Å². The maximum atomic E-state index is 13.1. The minimum atomic E-state index is -0.892. The molecule has 2 N–H and O–H groups in total. The fraction of sp³-hybridized carbons (Fsp3) is 0.375. The molecule has 1 saturated carbocycles. The standard InChI is InChI=1S/C24H24ClN3O4/c25-18-13-16-7-8-21(18)32-12-4-3-11-31-20-6-2-1-5-17(20)22(29)27-19(14-16)23(30)28-24(15-26)9-10-24/h1-2,5-8,13,19H,3-4,9-12,14H2,(H,27,29)(H,28,30). The van der Waals surface area contributed by atoms with Crippen molar-refractivity contribution in [2.45, 2.75) is 43.7 Å². The van der Waals surface area contributed by atoms with Crippen LogP contribution in [0.5, 0.6) is 11.5 Å². The second-order valence-electron chi connectivity index (χ2n) is 8.08. The first kappa shape index (κ1) is 22.0. The first-order valence-electron chi connectivity index (χ1n) is 10.7. The molecular formula is C24H24ClN3O4. The van der Waals surface area contributed by atoms with Crippen molar-refractivity contribution in [2.75, 3.05) is 13.2 Å². The highest BCUT2D eigenvalue weighted by Crippen LogP contribution is 2.34. The topological polar surface area (TPSA) is 100 Å². The molecule has 2 bridgehead atoms. The smallest absolute Gasteiger partial charge is 0.255 e. The number of hydrogen-bond donors (Lipinski definition) is 2. The van der Waals surface area contributed by atoms with Crippen molar-refractivity contribution in [1.29, 1.82) is 5.26 Å². The molecule has 2 aliphatic heterocycles. The minimum Gasteiger partial charge on any atom is -0.493 e. The highest BCUT2D eigenvalue weighted by molar-refractivity contribution is 6.32. The van der Waals surface area contributed by atoms with Gasteiger partial charge in [-0.3, -0.25) is 9.59 Å². The Morgan fingerprint density at radius 2 is 1.84 bits per heavy atom. The maximum absolute atomic E-state index is 13.1. The molecule has 166 valence electrons. The largest absolute Gasteiger partial charge is 0.493 e. The van der Waals surface area contributed by atoms with Gasteiger partial charge in [0.1, 0.15) is 23.1 Å². The van der Waals surface area contributed by atoms with Gasteiger partial charge in [-0.1, -0.05) is 29.8 Å². The molecule has 1 aliphatic carbocycles. The number of halogens is 1. The van der Waals surface area contributed by atoms with Crippen LogP contribution >= 0.6 is 11.6 Å². The van der Waals surface area contributed by atoms with E-state index in [2.05, 4.69) is 16.7 Å². The van der Waals surface area contributed by atoms with Gasteiger partial charge in [-0.2, -0.15) is 5.26 Å². The lowest BCUT2D eigenvalue weighted by molar-refractivity contribution is -0.123. The summed E-state index contributed by atoms with van der Waals surface area (Å²) in [5.74, 6) is 0.202. The van der Waals surface area contributed by atoms with Crippen LogP contribution in [0.3, 0.4) is 0 Å². The zero-order chi connectivity index (χ0) is 22.6. The minimum absolute atomic E-state index is 0.210. The molecule has 2 aromatic carbocycles. The molecule has 2 aromatic rings. The average molecular weight is 454 g/mol. The van der Waals surface area contributed by atoms with Crippen LogP contribution in [0.4, 0.5) is 0 Å². The number of rotatable bonds is 2. The lowest BCUT2D eigenvalue weighted by atomic mass is 10.0. The lowest BCUT2D eigenvalue weighted by Gasteiger charge is -2.22. The summed E-state index contributed by atoms with van der Waals surface area (Å²) in [6.07, 6.45) is 2.93. The number of ether oxygens (including phenoxy) is 2. The molecule has 3 aliphatic rings. The summed E-state index contributed by atoms with van der Waals surface area (Å²) < 4.78 is 11.6. The zero-order valence-electron chi connectivity index (χ0n) is 17.5. The third-order valence-electron chi connectivity index (χ3n) is 5.57. The molecule has 1 unspecified atom stereocenters. The van der Waals surface area contributed by atoms with Crippen molar-refractivity contribution in [3.63, 3.8) is 0 Å². The van der Waals surface area contributed by atoms with Crippen LogP contribution < -0.4 is 20.1 Å². The number of fused-ring (bicyclic) bond motifs is 10. The summed E-state index contributed by atoms with van der Waals surface area (Å²) in [6.45, 7) is 0.917. The number of carbonyl (C=O) groups excluding carboxylic acids is 2. The van der Waals surface area contributed by atoms with Crippen LogP contribution in [0, 0.1) is 11.3 Å². The number of nitrogens with zero attached hydrogens (tertiary/aromatic N) is 1. The number of amides is 2. The molecule has 5 rings (SSSR count). The second-order valence-corrected chi connectivity index (χ2v) is 8.49. The number of nitriles is 1. The molecule has 2 amide bonds. The first-order valence-corrected chi connectivity index (χ1v) is 11.0. The third kappa shape index (κ3) is 5.14. The molecule has 7 nitrogen and oxygen atoms in total. The van der Waals surface area contributed by atoms with E-state index in [1.54, 1.807) is 36.4 Å². The van der Waals surface area contributed by atoms with Gasteiger partial charge in [0.05, 0.1) is 29.9 Å². The molecule has 0 saturated heterocycles. The Bertz CT molecular complexity index is 1060. The van der Waals surface area contributed by atoms with Crippen LogP contribution in [0.25, 0.3) is 0 Å². The van der Waals surface area contributed by atoms with Crippen molar-refractivity contribution in [3.8, 4) is 17.6 Å². The molecule has 2 heterocycles. The summed E-state index contributed by atoms with van der Waals surface area (Å²) in [4.78, 5) is 26.1. The summed E-state index contributed by atoms with van der Waals surface area (Å²) in [6, 6.07) is 13.5. The Balaban J connectivity index is 1.64. The average Bonchev–Trinajstić information content (AvgIpc) is 3.56. The van der Waals surface area contributed by atoms with Gasteiger partial charge >= 0.3 is 0 Å². The molecule has 0 radical (unpaired) electrons. The first-order chi connectivity index (χ1) is 15.5. The lowest BCUT2D eigenvalue weighted by Crippen LogP contribution is -2.51. The van der Waals surface area contributed by atoms with E-state index in [9.17, 15) is 14.9 Å². The summed E-state index contributed by atoms with van der Waals surface area (Å²) in [7, 11) is 0. The predicted molar refractivity (Wildman–Crippen MR) is 119 cm³/mol. The van der Waals surface area contributed by atoms with E-state index in [1.165, 1.54) is 0 Å². The highest BCUT2D eigenvalue weighted by Gasteiger charge is 2.45. The Hall–Kier alpha value is -3.24. The van der Waals surface area contributed by atoms with Gasteiger partial charge in [0, 0.05) is 6.42 Å². The van der Waals surface area contributed by atoms with Crippen LogP contribution in [0.2, 0.25) is 5.02 Å². The predicted octanol–water partition coefficient (Wildman–Crippen LogP) is 3.40. The second kappa shape index (κ2) is 9.49.